The molecule has 0 unspecified atom stereocenters. The minimum atomic E-state index is 0.734. The zero-order valence-electron chi connectivity index (χ0n) is 9.81. The second kappa shape index (κ2) is 4.22. The Morgan fingerprint density at radius 1 is 1.35 bits per heavy atom. The van der Waals surface area contributed by atoms with Crippen LogP contribution in [0.1, 0.15) is 16.7 Å². The number of hydrogen-bond acceptors (Lipinski definition) is 3. The van der Waals surface area contributed by atoms with Crippen molar-refractivity contribution in [2.75, 3.05) is 5.32 Å². The van der Waals surface area contributed by atoms with Crippen LogP contribution in [0.3, 0.4) is 0 Å². The fourth-order valence-electron chi connectivity index (χ4n) is 2.05. The number of aromatic nitrogens is 2. The van der Waals surface area contributed by atoms with Crippen LogP contribution in [-0.4, -0.2) is 9.78 Å². The lowest BCUT2D eigenvalue weighted by Crippen LogP contribution is -1.99. The Kier molecular flexibility index (Phi) is 2.57. The predicted octanol–water partition coefficient (Wildman–Crippen LogP) is 2.06. The van der Waals surface area contributed by atoms with Crippen molar-refractivity contribution >= 4 is 5.69 Å². The van der Waals surface area contributed by atoms with Crippen molar-refractivity contribution in [1.82, 2.24) is 9.78 Å². The molecule has 0 aliphatic carbocycles. The Balaban J connectivity index is 1.69. The molecule has 0 saturated heterocycles. The molecule has 4 nitrogen and oxygen atoms in total. The van der Waals surface area contributed by atoms with Crippen LogP contribution in [-0.2, 0) is 31.5 Å². The van der Waals surface area contributed by atoms with Crippen LogP contribution >= 0.6 is 0 Å². The molecular formula is C13H15N3O. The summed E-state index contributed by atoms with van der Waals surface area (Å²) in [6.07, 6.45) is 3.90. The van der Waals surface area contributed by atoms with Gasteiger partial charge in [0.1, 0.15) is 0 Å². The summed E-state index contributed by atoms with van der Waals surface area (Å²) in [5, 5.41) is 7.54. The van der Waals surface area contributed by atoms with E-state index in [0.29, 0.717) is 0 Å². The molecule has 0 bridgehead atoms. The maximum absolute atomic E-state index is 5.39. The Labute approximate surface area is 100 Å². The van der Waals surface area contributed by atoms with Gasteiger partial charge in [-0.1, -0.05) is 6.07 Å². The van der Waals surface area contributed by atoms with E-state index >= 15 is 0 Å². The number of rotatable bonds is 3. The van der Waals surface area contributed by atoms with Crippen LogP contribution in [0.2, 0.25) is 0 Å². The zero-order valence-corrected chi connectivity index (χ0v) is 9.81. The fourth-order valence-corrected chi connectivity index (χ4v) is 2.05. The third kappa shape index (κ3) is 2.17. The lowest BCUT2D eigenvalue weighted by atomic mass is 10.1. The lowest BCUT2D eigenvalue weighted by molar-refractivity contribution is 0.134. The standard InChI is InChI=1S/C13H15N3O/c1-16-7-10(6-15-16)5-14-13-3-2-11-8-17-9-12(11)4-13/h2-4,6-7,14H,5,8-9H2,1H3. The summed E-state index contributed by atoms with van der Waals surface area (Å²) in [4.78, 5) is 0. The van der Waals surface area contributed by atoms with Crippen LogP contribution in [0.4, 0.5) is 5.69 Å². The highest BCUT2D eigenvalue weighted by atomic mass is 16.5. The number of anilines is 1. The van der Waals surface area contributed by atoms with Gasteiger partial charge in [0, 0.05) is 31.0 Å². The van der Waals surface area contributed by atoms with Gasteiger partial charge in [-0.15, -0.1) is 0 Å². The van der Waals surface area contributed by atoms with Crippen LogP contribution < -0.4 is 5.32 Å². The average molecular weight is 229 g/mol. The van der Waals surface area contributed by atoms with Gasteiger partial charge in [0.2, 0.25) is 0 Å². The number of nitrogens with one attached hydrogen (secondary N) is 1. The highest BCUT2D eigenvalue weighted by molar-refractivity contribution is 5.49. The maximum atomic E-state index is 5.39. The molecule has 0 saturated carbocycles. The number of ether oxygens (including phenoxy) is 1. The van der Waals surface area contributed by atoms with E-state index in [9.17, 15) is 0 Å². The number of benzene rings is 1. The van der Waals surface area contributed by atoms with Crippen LogP contribution in [0.25, 0.3) is 0 Å². The van der Waals surface area contributed by atoms with E-state index in [0.717, 1.165) is 25.4 Å². The van der Waals surface area contributed by atoms with Gasteiger partial charge in [0.15, 0.2) is 0 Å². The Hall–Kier alpha value is -1.81. The second-order valence-corrected chi connectivity index (χ2v) is 4.35. The summed E-state index contributed by atoms with van der Waals surface area (Å²) >= 11 is 0. The van der Waals surface area contributed by atoms with Gasteiger partial charge >= 0.3 is 0 Å². The van der Waals surface area contributed by atoms with Crippen LogP contribution in [0.5, 0.6) is 0 Å². The number of nitrogens with zero attached hydrogens (tertiary/aromatic N) is 2. The van der Waals surface area contributed by atoms with Gasteiger partial charge in [0.25, 0.3) is 0 Å². The third-order valence-electron chi connectivity index (χ3n) is 2.98. The molecule has 0 amide bonds. The third-order valence-corrected chi connectivity index (χ3v) is 2.98. The second-order valence-electron chi connectivity index (χ2n) is 4.35. The Morgan fingerprint density at radius 3 is 3.06 bits per heavy atom. The molecule has 1 aromatic heterocycles. The molecule has 1 aromatic carbocycles. The largest absolute Gasteiger partial charge is 0.381 e. The first-order valence-corrected chi connectivity index (χ1v) is 5.72. The van der Waals surface area contributed by atoms with Crippen LogP contribution in [0.15, 0.2) is 30.6 Å². The molecular weight excluding hydrogens is 214 g/mol. The van der Waals surface area contributed by atoms with E-state index in [1.165, 1.54) is 16.7 Å². The molecule has 88 valence electrons. The minimum Gasteiger partial charge on any atom is -0.381 e. The van der Waals surface area contributed by atoms with Crippen molar-refractivity contribution in [2.45, 2.75) is 19.8 Å². The van der Waals surface area contributed by atoms with Gasteiger partial charge in [-0.05, 0) is 23.3 Å². The lowest BCUT2D eigenvalue weighted by Gasteiger charge is -2.06. The van der Waals surface area contributed by atoms with Gasteiger partial charge in [0.05, 0.1) is 19.4 Å². The summed E-state index contributed by atoms with van der Waals surface area (Å²) in [5.74, 6) is 0. The molecule has 2 aromatic rings. The SMILES string of the molecule is Cn1cc(CNc2ccc3c(c2)COC3)cn1. The molecule has 17 heavy (non-hydrogen) atoms. The van der Waals surface area contributed by atoms with E-state index in [1.807, 2.05) is 24.1 Å². The smallest absolute Gasteiger partial charge is 0.0725 e. The minimum absolute atomic E-state index is 0.734. The predicted molar refractivity (Wildman–Crippen MR) is 65.5 cm³/mol. The van der Waals surface area contributed by atoms with Crippen molar-refractivity contribution in [3.05, 3.63) is 47.3 Å². The van der Waals surface area contributed by atoms with Gasteiger partial charge in [-0.3, -0.25) is 4.68 Å². The van der Waals surface area contributed by atoms with Crippen molar-refractivity contribution in [3.63, 3.8) is 0 Å². The molecule has 1 aliphatic rings. The quantitative estimate of drug-likeness (QED) is 0.875. The molecule has 0 fully saturated rings. The Morgan fingerprint density at radius 2 is 2.24 bits per heavy atom. The summed E-state index contributed by atoms with van der Waals surface area (Å²) in [6, 6.07) is 6.40. The molecule has 3 rings (SSSR count). The summed E-state index contributed by atoms with van der Waals surface area (Å²) in [7, 11) is 1.93. The molecule has 0 radical (unpaired) electrons. The van der Waals surface area contributed by atoms with Gasteiger partial charge < -0.3 is 10.1 Å². The Bertz CT molecular complexity index is 533. The first kappa shape index (κ1) is 10.4. The van der Waals surface area contributed by atoms with E-state index in [4.69, 9.17) is 4.74 Å². The summed E-state index contributed by atoms with van der Waals surface area (Å²) in [5.41, 5.74) is 4.92. The maximum Gasteiger partial charge on any atom is 0.0725 e. The molecule has 0 spiro atoms. The molecule has 4 heteroatoms. The van der Waals surface area contributed by atoms with Gasteiger partial charge in [-0.2, -0.15) is 5.10 Å². The summed E-state index contributed by atoms with van der Waals surface area (Å²) in [6.45, 7) is 2.28. The number of aryl methyl sites for hydroxylation is 1. The van der Waals surface area contributed by atoms with E-state index in [2.05, 4.69) is 28.6 Å². The van der Waals surface area contributed by atoms with Crippen molar-refractivity contribution in [3.8, 4) is 0 Å². The highest BCUT2D eigenvalue weighted by Crippen LogP contribution is 2.23. The molecule has 1 aliphatic heterocycles. The molecule has 2 heterocycles. The first-order valence-electron chi connectivity index (χ1n) is 5.72. The average Bonchev–Trinajstić information content (AvgIpc) is 2.94. The zero-order chi connectivity index (χ0) is 11.7. The molecule has 1 N–H and O–H groups in total. The highest BCUT2D eigenvalue weighted by Gasteiger charge is 2.10. The van der Waals surface area contributed by atoms with E-state index in [-0.39, 0.29) is 0 Å². The van der Waals surface area contributed by atoms with Crippen molar-refractivity contribution in [1.29, 1.82) is 0 Å². The van der Waals surface area contributed by atoms with E-state index < -0.39 is 0 Å². The monoisotopic (exact) mass is 229 g/mol. The first-order chi connectivity index (χ1) is 8.31. The normalized spacial score (nSPS) is 13.7. The van der Waals surface area contributed by atoms with Crippen LogP contribution in [0, 0.1) is 0 Å². The van der Waals surface area contributed by atoms with Crippen molar-refractivity contribution < 1.29 is 4.74 Å². The van der Waals surface area contributed by atoms with Gasteiger partial charge in [-0.25, -0.2) is 0 Å². The number of fused-ring (bicyclic) bond motifs is 1. The summed E-state index contributed by atoms with van der Waals surface area (Å²) < 4.78 is 7.21. The fraction of sp³-hybridized carbons (Fsp3) is 0.308. The van der Waals surface area contributed by atoms with E-state index in [1.54, 1.807) is 0 Å². The number of hydrogen-bond donors (Lipinski definition) is 1. The molecule has 0 atom stereocenters. The topological polar surface area (TPSA) is 39.1 Å². The van der Waals surface area contributed by atoms with Crippen molar-refractivity contribution in [2.24, 2.45) is 7.05 Å².